The van der Waals surface area contributed by atoms with Crippen molar-refractivity contribution in [3.63, 3.8) is 0 Å². The van der Waals surface area contributed by atoms with Gasteiger partial charge in [-0.1, -0.05) is 59.2 Å². The quantitative estimate of drug-likeness (QED) is 0.569. The SMILES string of the molecule is Cc1cc(C(=O)N2CCC3(CC2)C[C@@H]([C@H](O)c2ccccc2)N(Cc2cccc(Cl)c2)C3=O)on1. The monoisotopic (exact) mass is 493 g/mol. The Hall–Kier alpha value is -3.16. The summed E-state index contributed by atoms with van der Waals surface area (Å²) in [6.07, 6.45) is 0.797. The molecular formula is C27H28ClN3O4. The van der Waals surface area contributed by atoms with Gasteiger partial charge in [0.25, 0.3) is 5.91 Å². The zero-order chi connectivity index (χ0) is 24.6. The normalized spacial score (nSPS) is 20.4. The first-order valence-electron chi connectivity index (χ1n) is 11.9. The Balaban J connectivity index is 1.38. The molecule has 0 saturated carbocycles. The number of benzene rings is 2. The number of amides is 2. The van der Waals surface area contributed by atoms with Crippen molar-refractivity contribution in [2.75, 3.05) is 13.1 Å². The maximum Gasteiger partial charge on any atom is 0.292 e. The number of likely N-dealkylation sites (tertiary alicyclic amines) is 2. The summed E-state index contributed by atoms with van der Waals surface area (Å²) in [7, 11) is 0. The first kappa shape index (κ1) is 23.6. The fraction of sp³-hybridized carbons (Fsp3) is 0.370. The minimum atomic E-state index is -0.810. The number of aryl methyl sites for hydroxylation is 1. The number of halogens is 1. The molecule has 0 unspecified atom stereocenters. The van der Waals surface area contributed by atoms with Crippen LogP contribution in [0.5, 0.6) is 0 Å². The van der Waals surface area contributed by atoms with Crippen molar-refractivity contribution in [3.8, 4) is 0 Å². The molecule has 0 bridgehead atoms. The Kier molecular flexibility index (Phi) is 6.38. The fourth-order valence-corrected chi connectivity index (χ4v) is 5.62. The van der Waals surface area contributed by atoms with E-state index in [-0.39, 0.29) is 23.6 Å². The topological polar surface area (TPSA) is 86.9 Å². The molecule has 5 rings (SSSR count). The van der Waals surface area contributed by atoms with Crippen LogP contribution in [0.3, 0.4) is 0 Å². The summed E-state index contributed by atoms with van der Waals surface area (Å²) in [4.78, 5) is 30.3. The molecule has 3 heterocycles. The Labute approximate surface area is 209 Å². The molecule has 2 atom stereocenters. The Morgan fingerprint density at radius 3 is 2.57 bits per heavy atom. The van der Waals surface area contributed by atoms with Crippen molar-refractivity contribution >= 4 is 23.4 Å². The number of aromatic nitrogens is 1. The molecule has 1 N–H and O–H groups in total. The van der Waals surface area contributed by atoms with Crippen LogP contribution in [0.15, 0.2) is 65.2 Å². The number of nitrogens with zero attached hydrogens (tertiary/aromatic N) is 3. The average Bonchev–Trinajstić information content (AvgIpc) is 3.42. The lowest BCUT2D eigenvalue weighted by molar-refractivity contribution is -0.140. The van der Waals surface area contributed by atoms with Crippen LogP contribution in [0.4, 0.5) is 0 Å². The number of hydrogen-bond donors (Lipinski definition) is 1. The van der Waals surface area contributed by atoms with E-state index in [1.54, 1.807) is 28.9 Å². The van der Waals surface area contributed by atoms with Crippen molar-refractivity contribution < 1.29 is 19.2 Å². The molecule has 2 saturated heterocycles. The van der Waals surface area contributed by atoms with Crippen molar-refractivity contribution in [2.45, 2.75) is 44.9 Å². The van der Waals surface area contributed by atoms with E-state index in [2.05, 4.69) is 5.16 Å². The predicted octanol–water partition coefficient (Wildman–Crippen LogP) is 4.39. The van der Waals surface area contributed by atoms with Gasteiger partial charge in [0.15, 0.2) is 0 Å². The first-order chi connectivity index (χ1) is 16.9. The Morgan fingerprint density at radius 2 is 1.91 bits per heavy atom. The molecule has 8 heteroatoms. The van der Waals surface area contributed by atoms with Crippen molar-refractivity contribution in [3.05, 3.63) is 88.3 Å². The summed E-state index contributed by atoms with van der Waals surface area (Å²) < 4.78 is 5.15. The van der Waals surface area contributed by atoms with Crippen molar-refractivity contribution in [2.24, 2.45) is 5.41 Å². The zero-order valence-corrected chi connectivity index (χ0v) is 20.3. The molecule has 1 aromatic heterocycles. The highest BCUT2D eigenvalue weighted by molar-refractivity contribution is 6.30. The van der Waals surface area contributed by atoms with Gasteiger partial charge >= 0.3 is 0 Å². The van der Waals surface area contributed by atoms with Gasteiger partial charge < -0.3 is 19.4 Å². The second kappa shape index (κ2) is 9.47. The number of carbonyl (C=O) groups is 2. The van der Waals surface area contributed by atoms with Crippen LogP contribution in [0.25, 0.3) is 0 Å². The Morgan fingerprint density at radius 1 is 1.17 bits per heavy atom. The number of hydrogen-bond acceptors (Lipinski definition) is 5. The van der Waals surface area contributed by atoms with Crippen LogP contribution in [0, 0.1) is 12.3 Å². The van der Waals surface area contributed by atoms with Crippen LogP contribution in [0.1, 0.15) is 52.7 Å². The maximum atomic E-state index is 13.9. The molecule has 2 aliphatic heterocycles. The number of aliphatic hydroxyl groups excluding tert-OH is 1. The van der Waals surface area contributed by atoms with Gasteiger partial charge in [0, 0.05) is 30.7 Å². The third kappa shape index (κ3) is 4.58. The highest BCUT2D eigenvalue weighted by Crippen LogP contribution is 2.48. The zero-order valence-electron chi connectivity index (χ0n) is 19.6. The summed E-state index contributed by atoms with van der Waals surface area (Å²) in [5, 5.41) is 15.8. The van der Waals surface area contributed by atoms with Crippen LogP contribution >= 0.6 is 11.6 Å². The van der Waals surface area contributed by atoms with E-state index in [0.29, 0.717) is 49.6 Å². The highest BCUT2D eigenvalue weighted by Gasteiger charge is 2.54. The smallest absolute Gasteiger partial charge is 0.292 e. The fourth-order valence-electron chi connectivity index (χ4n) is 5.40. The number of piperidine rings is 1. The van der Waals surface area contributed by atoms with Gasteiger partial charge in [-0.05, 0) is 49.4 Å². The largest absolute Gasteiger partial charge is 0.386 e. The predicted molar refractivity (Wildman–Crippen MR) is 131 cm³/mol. The van der Waals surface area contributed by atoms with E-state index < -0.39 is 11.5 Å². The molecule has 7 nitrogen and oxygen atoms in total. The molecule has 1 spiro atoms. The van der Waals surface area contributed by atoms with Gasteiger partial charge in [-0.25, -0.2) is 0 Å². The summed E-state index contributed by atoms with van der Waals surface area (Å²) >= 11 is 6.20. The van der Waals surface area contributed by atoms with Crippen LogP contribution < -0.4 is 0 Å². The molecule has 0 aliphatic carbocycles. The number of carbonyl (C=O) groups excluding carboxylic acids is 2. The maximum absolute atomic E-state index is 13.9. The lowest BCUT2D eigenvalue weighted by Crippen LogP contribution is -2.46. The van der Waals surface area contributed by atoms with Gasteiger partial charge in [-0.3, -0.25) is 9.59 Å². The van der Waals surface area contributed by atoms with Crippen molar-refractivity contribution in [1.82, 2.24) is 15.0 Å². The summed E-state index contributed by atoms with van der Waals surface area (Å²) in [6, 6.07) is 18.2. The summed E-state index contributed by atoms with van der Waals surface area (Å²) in [6.45, 7) is 3.04. The second-order valence-corrected chi connectivity index (χ2v) is 10.0. The Bertz CT molecular complexity index is 1220. The minimum Gasteiger partial charge on any atom is -0.386 e. The van der Waals surface area contributed by atoms with Gasteiger partial charge in [-0.15, -0.1) is 0 Å². The lowest BCUT2D eigenvalue weighted by atomic mass is 9.75. The highest BCUT2D eigenvalue weighted by atomic mass is 35.5. The molecule has 2 fully saturated rings. The first-order valence-corrected chi connectivity index (χ1v) is 12.3. The van der Waals surface area contributed by atoms with Crippen LogP contribution in [-0.4, -0.2) is 51.0 Å². The molecule has 0 radical (unpaired) electrons. The van der Waals surface area contributed by atoms with Crippen LogP contribution in [-0.2, 0) is 11.3 Å². The van der Waals surface area contributed by atoms with Gasteiger partial charge in [0.1, 0.15) is 0 Å². The summed E-state index contributed by atoms with van der Waals surface area (Å²) in [5.74, 6) is 0.0405. The second-order valence-electron chi connectivity index (χ2n) is 9.60. The third-order valence-electron chi connectivity index (χ3n) is 7.31. The summed E-state index contributed by atoms with van der Waals surface area (Å²) in [5.41, 5.74) is 1.74. The van der Waals surface area contributed by atoms with E-state index in [9.17, 15) is 14.7 Å². The average molecular weight is 494 g/mol. The number of rotatable bonds is 5. The number of aliphatic hydroxyl groups is 1. The lowest BCUT2D eigenvalue weighted by Gasteiger charge is -2.37. The molecule has 2 amide bonds. The van der Waals surface area contributed by atoms with Crippen molar-refractivity contribution in [1.29, 1.82) is 0 Å². The van der Waals surface area contributed by atoms with Crippen LogP contribution in [0.2, 0.25) is 5.02 Å². The molecular weight excluding hydrogens is 466 g/mol. The molecule has 182 valence electrons. The van der Waals surface area contributed by atoms with Gasteiger partial charge in [-0.2, -0.15) is 0 Å². The molecule has 2 aromatic carbocycles. The van der Waals surface area contributed by atoms with Gasteiger partial charge in [0.2, 0.25) is 11.7 Å². The van der Waals surface area contributed by atoms with Gasteiger partial charge in [0.05, 0.1) is 23.3 Å². The molecule has 3 aromatic rings. The third-order valence-corrected chi connectivity index (χ3v) is 7.54. The van der Waals surface area contributed by atoms with E-state index in [1.165, 1.54) is 0 Å². The van der Waals surface area contributed by atoms with E-state index in [0.717, 1.165) is 11.1 Å². The minimum absolute atomic E-state index is 0.0278. The molecule has 35 heavy (non-hydrogen) atoms. The van der Waals surface area contributed by atoms with E-state index in [1.807, 2.05) is 48.5 Å². The molecule has 2 aliphatic rings. The van der Waals surface area contributed by atoms with E-state index in [4.69, 9.17) is 16.1 Å². The van der Waals surface area contributed by atoms with E-state index >= 15 is 0 Å². The standard InChI is InChI=1S/C27H28ClN3O4/c1-18-14-23(35-29-18)25(33)30-12-10-27(11-13-30)16-22(24(32)20-7-3-2-4-8-20)31(26(27)34)17-19-6-5-9-21(28)15-19/h2-9,14-15,22,24,32H,10-13,16-17H2,1H3/t22-,24+/m0/s1.